The van der Waals surface area contributed by atoms with Gasteiger partial charge in [0.05, 0.1) is 26.9 Å². The first-order valence-corrected chi connectivity index (χ1v) is 7.32. The van der Waals surface area contributed by atoms with E-state index in [4.69, 9.17) is 18.9 Å². The molecular weight excluding hydrogens is 270 g/mol. The van der Waals surface area contributed by atoms with E-state index in [0.717, 1.165) is 18.7 Å². The second-order valence-electron chi connectivity index (χ2n) is 4.88. The van der Waals surface area contributed by atoms with Crippen LogP contribution in [0, 0.1) is 0 Å². The summed E-state index contributed by atoms with van der Waals surface area (Å²) in [7, 11) is 3.26. The van der Waals surface area contributed by atoms with Crippen LogP contribution in [0.3, 0.4) is 0 Å². The fraction of sp³-hybridized carbons (Fsp3) is 0.625. The molecule has 0 saturated carbocycles. The zero-order valence-electron chi connectivity index (χ0n) is 13.7. The molecule has 5 nitrogen and oxygen atoms in total. The van der Waals surface area contributed by atoms with Crippen LogP contribution in [0.15, 0.2) is 12.1 Å². The lowest BCUT2D eigenvalue weighted by Gasteiger charge is -2.16. The van der Waals surface area contributed by atoms with E-state index in [1.807, 2.05) is 26.0 Å². The number of rotatable bonds is 10. The number of nitrogens with one attached hydrogen (secondary N) is 1. The van der Waals surface area contributed by atoms with Crippen LogP contribution in [0.5, 0.6) is 17.2 Å². The Balaban J connectivity index is 2.80. The minimum atomic E-state index is 0.194. The third kappa shape index (κ3) is 5.81. The molecule has 1 N–H and O–H groups in total. The summed E-state index contributed by atoms with van der Waals surface area (Å²) in [4.78, 5) is 0. The Morgan fingerprint density at radius 2 is 1.67 bits per heavy atom. The lowest BCUT2D eigenvalue weighted by molar-refractivity contribution is 0.0540. The van der Waals surface area contributed by atoms with E-state index in [1.165, 1.54) is 0 Å². The smallest absolute Gasteiger partial charge is 0.203 e. The Hall–Kier alpha value is -1.46. The highest BCUT2D eigenvalue weighted by molar-refractivity contribution is 5.53. The van der Waals surface area contributed by atoms with Crippen LogP contribution in [0.2, 0.25) is 0 Å². The molecule has 21 heavy (non-hydrogen) atoms. The second kappa shape index (κ2) is 9.47. The van der Waals surface area contributed by atoms with Crippen molar-refractivity contribution in [2.75, 3.05) is 34.0 Å². The Morgan fingerprint density at radius 3 is 2.14 bits per heavy atom. The third-order valence-corrected chi connectivity index (χ3v) is 2.88. The molecule has 1 aromatic rings. The highest BCUT2D eigenvalue weighted by atomic mass is 16.6. The molecule has 0 radical (unpaired) electrons. The summed E-state index contributed by atoms with van der Waals surface area (Å²) < 4.78 is 22.1. The van der Waals surface area contributed by atoms with Gasteiger partial charge in [-0.1, -0.05) is 6.92 Å². The second-order valence-corrected chi connectivity index (χ2v) is 4.88. The van der Waals surface area contributed by atoms with Crippen LogP contribution in [0.1, 0.15) is 26.3 Å². The van der Waals surface area contributed by atoms with E-state index >= 15 is 0 Å². The first-order valence-electron chi connectivity index (χ1n) is 7.32. The normalized spacial score (nSPS) is 10.8. The van der Waals surface area contributed by atoms with E-state index in [2.05, 4.69) is 12.2 Å². The van der Waals surface area contributed by atoms with Crippen LogP contribution in [0.4, 0.5) is 0 Å². The molecule has 0 fully saturated rings. The van der Waals surface area contributed by atoms with Crippen molar-refractivity contribution in [3.63, 3.8) is 0 Å². The molecule has 1 aromatic carbocycles. The van der Waals surface area contributed by atoms with Crippen molar-refractivity contribution in [1.82, 2.24) is 5.32 Å². The maximum absolute atomic E-state index is 5.76. The zero-order chi connectivity index (χ0) is 15.7. The summed E-state index contributed by atoms with van der Waals surface area (Å²) in [6, 6.07) is 3.92. The largest absolute Gasteiger partial charge is 0.493 e. The fourth-order valence-electron chi connectivity index (χ4n) is 1.88. The van der Waals surface area contributed by atoms with Crippen LogP contribution in [0.25, 0.3) is 0 Å². The number of ether oxygens (including phenoxy) is 4. The topological polar surface area (TPSA) is 49.0 Å². The van der Waals surface area contributed by atoms with Crippen molar-refractivity contribution in [3.8, 4) is 17.2 Å². The maximum atomic E-state index is 5.76. The minimum Gasteiger partial charge on any atom is -0.493 e. The molecule has 0 bridgehead atoms. The summed E-state index contributed by atoms with van der Waals surface area (Å²) in [6.45, 7) is 8.73. The van der Waals surface area contributed by atoms with Gasteiger partial charge in [-0.05, 0) is 38.1 Å². The number of methoxy groups -OCH3 is 2. The molecular formula is C16H27NO4. The van der Waals surface area contributed by atoms with Crippen molar-refractivity contribution in [2.45, 2.75) is 33.4 Å². The summed E-state index contributed by atoms with van der Waals surface area (Å²) in [5, 5.41) is 3.28. The lowest BCUT2D eigenvalue weighted by Crippen LogP contribution is -2.13. The van der Waals surface area contributed by atoms with Gasteiger partial charge in [-0.2, -0.15) is 0 Å². The summed E-state index contributed by atoms with van der Waals surface area (Å²) in [6.07, 6.45) is 0.194. The van der Waals surface area contributed by atoms with Crippen molar-refractivity contribution < 1.29 is 18.9 Å². The number of hydrogen-bond donors (Lipinski definition) is 1. The molecule has 0 aliphatic heterocycles. The molecule has 0 unspecified atom stereocenters. The molecule has 0 aliphatic carbocycles. The average Bonchev–Trinajstić information content (AvgIpc) is 2.49. The molecule has 0 aromatic heterocycles. The van der Waals surface area contributed by atoms with E-state index in [0.29, 0.717) is 30.5 Å². The lowest BCUT2D eigenvalue weighted by atomic mass is 10.1. The molecule has 0 amide bonds. The quantitative estimate of drug-likeness (QED) is 0.673. The standard InChI is InChI=1S/C16H27NO4/c1-6-17-11-13-9-14(18-4)16(15(10-13)19-5)21-8-7-20-12(2)3/h9-10,12,17H,6-8,11H2,1-5H3. The van der Waals surface area contributed by atoms with Crippen LogP contribution in [-0.4, -0.2) is 40.1 Å². The van der Waals surface area contributed by atoms with Crippen molar-refractivity contribution >= 4 is 0 Å². The number of benzene rings is 1. The van der Waals surface area contributed by atoms with Crippen LogP contribution in [-0.2, 0) is 11.3 Å². The molecule has 1 rings (SSSR count). The summed E-state index contributed by atoms with van der Waals surface area (Å²) >= 11 is 0. The van der Waals surface area contributed by atoms with E-state index in [1.54, 1.807) is 14.2 Å². The van der Waals surface area contributed by atoms with E-state index < -0.39 is 0 Å². The third-order valence-electron chi connectivity index (χ3n) is 2.88. The predicted octanol–water partition coefficient (Wildman–Crippen LogP) is 2.62. The monoisotopic (exact) mass is 297 g/mol. The van der Waals surface area contributed by atoms with Crippen LogP contribution < -0.4 is 19.5 Å². The van der Waals surface area contributed by atoms with Gasteiger partial charge in [-0.15, -0.1) is 0 Å². The fourth-order valence-corrected chi connectivity index (χ4v) is 1.88. The SMILES string of the molecule is CCNCc1cc(OC)c(OCCOC(C)C)c(OC)c1. The summed E-state index contributed by atoms with van der Waals surface area (Å²) in [5.74, 6) is 1.96. The van der Waals surface area contributed by atoms with Gasteiger partial charge >= 0.3 is 0 Å². The van der Waals surface area contributed by atoms with Gasteiger partial charge in [0, 0.05) is 6.54 Å². The van der Waals surface area contributed by atoms with Gasteiger partial charge in [0.15, 0.2) is 11.5 Å². The molecule has 0 atom stereocenters. The van der Waals surface area contributed by atoms with Gasteiger partial charge in [0.25, 0.3) is 0 Å². The van der Waals surface area contributed by atoms with E-state index in [9.17, 15) is 0 Å². The average molecular weight is 297 g/mol. The van der Waals surface area contributed by atoms with Crippen LogP contribution >= 0.6 is 0 Å². The van der Waals surface area contributed by atoms with Gasteiger partial charge in [-0.3, -0.25) is 0 Å². The van der Waals surface area contributed by atoms with E-state index in [-0.39, 0.29) is 6.10 Å². The highest BCUT2D eigenvalue weighted by Gasteiger charge is 2.14. The number of hydrogen-bond acceptors (Lipinski definition) is 5. The zero-order valence-corrected chi connectivity index (χ0v) is 13.7. The van der Waals surface area contributed by atoms with Crippen molar-refractivity contribution in [1.29, 1.82) is 0 Å². The predicted molar refractivity (Wildman–Crippen MR) is 83.5 cm³/mol. The molecule has 0 spiro atoms. The summed E-state index contributed by atoms with van der Waals surface area (Å²) in [5.41, 5.74) is 1.09. The molecule has 120 valence electrons. The maximum Gasteiger partial charge on any atom is 0.203 e. The Labute approximate surface area is 127 Å². The first-order chi connectivity index (χ1) is 10.1. The highest BCUT2D eigenvalue weighted by Crippen LogP contribution is 2.38. The molecule has 0 heterocycles. The van der Waals surface area contributed by atoms with Gasteiger partial charge in [0.1, 0.15) is 6.61 Å². The van der Waals surface area contributed by atoms with Crippen molar-refractivity contribution in [2.24, 2.45) is 0 Å². The Kier molecular flexibility index (Phi) is 7.93. The molecule has 5 heteroatoms. The molecule has 0 aliphatic rings. The van der Waals surface area contributed by atoms with Gasteiger partial charge in [-0.25, -0.2) is 0 Å². The Morgan fingerprint density at radius 1 is 1.05 bits per heavy atom. The molecule has 0 saturated heterocycles. The first kappa shape index (κ1) is 17.6. The van der Waals surface area contributed by atoms with Crippen molar-refractivity contribution in [3.05, 3.63) is 17.7 Å². The minimum absolute atomic E-state index is 0.194. The Bertz CT molecular complexity index is 396. The van der Waals surface area contributed by atoms with Gasteiger partial charge < -0.3 is 24.3 Å². The van der Waals surface area contributed by atoms with Gasteiger partial charge in [0.2, 0.25) is 5.75 Å².